The van der Waals surface area contributed by atoms with E-state index in [1.54, 1.807) is 24.3 Å². The molecular formula is C12H12N4O3. The molecule has 1 heterocycles. The van der Waals surface area contributed by atoms with Crippen LogP contribution in [0.3, 0.4) is 0 Å². The normalized spacial score (nSPS) is 10.4. The minimum Gasteiger partial charge on any atom is -0.481 e. The zero-order valence-electron chi connectivity index (χ0n) is 10.0. The lowest BCUT2D eigenvalue weighted by Gasteiger charge is -2.01. The van der Waals surface area contributed by atoms with E-state index in [1.807, 2.05) is 0 Å². The van der Waals surface area contributed by atoms with Crippen LogP contribution in [0, 0.1) is 0 Å². The van der Waals surface area contributed by atoms with Gasteiger partial charge in [-0.25, -0.2) is 0 Å². The van der Waals surface area contributed by atoms with Gasteiger partial charge in [-0.1, -0.05) is 24.3 Å². The molecule has 0 aliphatic heterocycles. The molecule has 0 saturated heterocycles. The third-order valence-electron chi connectivity index (χ3n) is 2.42. The highest BCUT2D eigenvalue weighted by atomic mass is 16.4. The fourth-order valence-corrected chi connectivity index (χ4v) is 1.51. The number of nitrogens with zero attached hydrogens (tertiary/aromatic N) is 4. The third-order valence-corrected chi connectivity index (χ3v) is 2.42. The Labute approximate surface area is 109 Å². The molecule has 0 radical (unpaired) electrons. The standard InChI is InChI=1S/C12H12N4O3/c17-6-5-10-13-15-12(16-14-10)9-3-1-8(2-4-9)7-11(18)19/h1-4,17H,5-7H2,(H,18,19). The van der Waals surface area contributed by atoms with Gasteiger partial charge in [0.25, 0.3) is 0 Å². The van der Waals surface area contributed by atoms with Crippen LogP contribution in [0.4, 0.5) is 0 Å². The number of carboxylic acid groups (broad SMARTS) is 1. The van der Waals surface area contributed by atoms with E-state index in [4.69, 9.17) is 10.2 Å². The molecule has 0 saturated carbocycles. The van der Waals surface area contributed by atoms with Crippen molar-refractivity contribution in [3.05, 3.63) is 35.7 Å². The Morgan fingerprint density at radius 2 is 1.68 bits per heavy atom. The van der Waals surface area contributed by atoms with Gasteiger partial charge in [0.05, 0.1) is 13.0 Å². The van der Waals surface area contributed by atoms with Crippen LogP contribution in [0.2, 0.25) is 0 Å². The van der Waals surface area contributed by atoms with E-state index in [9.17, 15) is 4.79 Å². The van der Waals surface area contributed by atoms with Crippen LogP contribution in [0.1, 0.15) is 11.4 Å². The Hall–Kier alpha value is -2.41. The van der Waals surface area contributed by atoms with E-state index in [1.165, 1.54) is 0 Å². The maximum absolute atomic E-state index is 10.6. The lowest BCUT2D eigenvalue weighted by molar-refractivity contribution is -0.136. The average molecular weight is 260 g/mol. The maximum Gasteiger partial charge on any atom is 0.307 e. The summed E-state index contributed by atoms with van der Waals surface area (Å²) in [6.07, 6.45) is 0.297. The Morgan fingerprint density at radius 1 is 1.05 bits per heavy atom. The van der Waals surface area contributed by atoms with Gasteiger partial charge in [-0.2, -0.15) is 0 Å². The van der Waals surface area contributed by atoms with Crippen LogP contribution < -0.4 is 0 Å². The number of aromatic nitrogens is 4. The molecule has 19 heavy (non-hydrogen) atoms. The Morgan fingerprint density at radius 3 is 2.21 bits per heavy atom. The molecule has 2 aromatic rings. The van der Waals surface area contributed by atoms with Gasteiger partial charge in [0.15, 0.2) is 5.82 Å². The molecule has 0 spiro atoms. The number of rotatable bonds is 5. The van der Waals surface area contributed by atoms with Gasteiger partial charge in [-0.3, -0.25) is 4.79 Å². The van der Waals surface area contributed by atoms with Crippen LogP contribution in [-0.4, -0.2) is 43.2 Å². The highest BCUT2D eigenvalue weighted by Crippen LogP contribution is 2.14. The van der Waals surface area contributed by atoms with E-state index in [0.29, 0.717) is 29.2 Å². The van der Waals surface area contributed by atoms with Gasteiger partial charge in [0.2, 0.25) is 5.82 Å². The molecule has 0 amide bonds. The van der Waals surface area contributed by atoms with Gasteiger partial charge in [0.1, 0.15) is 0 Å². The van der Waals surface area contributed by atoms with Gasteiger partial charge in [-0.15, -0.1) is 20.4 Å². The minimum atomic E-state index is -0.874. The first-order valence-electron chi connectivity index (χ1n) is 5.67. The second-order valence-electron chi connectivity index (χ2n) is 3.88. The third kappa shape index (κ3) is 3.52. The van der Waals surface area contributed by atoms with Crippen molar-refractivity contribution in [3.8, 4) is 11.4 Å². The van der Waals surface area contributed by atoms with Gasteiger partial charge >= 0.3 is 5.97 Å². The summed E-state index contributed by atoms with van der Waals surface area (Å²) in [7, 11) is 0. The average Bonchev–Trinajstić information content (AvgIpc) is 2.40. The highest BCUT2D eigenvalue weighted by molar-refractivity contribution is 5.70. The molecule has 2 N–H and O–H groups in total. The zero-order valence-corrected chi connectivity index (χ0v) is 10.0. The highest BCUT2D eigenvalue weighted by Gasteiger charge is 2.05. The largest absolute Gasteiger partial charge is 0.481 e. The summed E-state index contributed by atoms with van der Waals surface area (Å²) in [5.74, 6) is -0.127. The van der Waals surface area contributed by atoms with Crippen molar-refractivity contribution in [1.29, 1.82) is 0 Å². The van der Waals surface area contributed by atoms with Gasteiger partial charge < -0.3 is 10.2 Å². The lowest BCUT2D eigenvalue weighted by atomic mass is 10.1. The quantitative estimate of drug-likeness (QED) is 0.784. The first-order chi connectivity index (χ1) is 9.19. The van der Waals surface area contributed by atoms with Crippen LogP contribution in [0.5, 0.6) is 0 Å². The van der Waals surface area contributed by atoms with Crippen molar-refractivity contribution in [2.75, 3.05) is 6.61 Å². The zero-order chi connectivity index (χ0) is 13.7. The Kier molecular flexibility index (Phi) is 4.09. The van der Waals surface area contributed by atoms with E-state index in [2.05, 4.69) is 20.4 Å². The van der Waals surface area contributed by atoms with Gasteiger partial charge in [0, 0.05) is 12.0 Å². The summed E-state index contributed by atoms with van der Waals surface area (Å²) in [6.45, 7) is -0.0490. The molecule has 98 valence electrons. The number of carboxylic acids is 1. The SMILES string of the molecule is O=C(O)Cc1ccc(-c2nnc(CCO)nn2)cc1. The summed E-state index contributed by atoms with van der Waals surface area (Å²) in [6, 6.07) is 6.86. The number of hydrogen-bond acceptors (Lipinski definition) is 6. The molecule has 0 unspecified atom stereocenters. The van der Waals surface area contributed by atoms with Crippen molar-refractivity contribution in [3.63, 3.8) is 0 Å². The molecule has 7 heteroatoms. The number of aliphatic hydroxyl groups excluding tert-OH is 1. The van der Waals surface area contributed by atoms with Gasteiger partial charge in [-0.05, 0) is 5.56 Å². The van der Waals surface area contributed by atoms with Crippen LogP contribution in [-0.2, 0) is 17.6 Å². The molecule has 0 aliphatic carbocycles. The number of carbonyl (C=O) groups is 1. The van der Waals surface area contributed by atoms with Crippen molar-refractivity contribution in [2.24, 2.45) is 0 Å². The fourth-order valence-electron chi connectivity index (χ4n) is 1.51. The molecule has 1 aromatic carbocycles. The number of benzene rings is 1. The lowest BCUT2D eigenvalue weighted by Crippen LogP contribution is -2.04. The summed E-state index contributed by atoms with van der Waals surface area (Å²) < 4.78 is 0. The number of aliphatic hydroxyl groups is 1. The van der Waals surface area contributed by atoms with E-state index in [-0.39, 0.29) is 13.0 Å². The molecule has 7 nitrogen and oxygen atoms in total. The fraction of sp³-hybridized carbons (Fsp3) is 0.250. The molecule has 0 atom stereocenters. The molecule has 1 aromatic heterocycles. The van der Waals surface area contributed by atoms with E-state index < -0.39 is 5.97 Å². The first-order valence-corrected chi connectivity index (χ1v) is 5.67. The predicted molar refractivity (Wildman–Crippen MR) is 65.2 cm³/mol. The number of aliphatic carboxylic acids is 1. The smallest absolute Gasteiger partial charge is 0.307 e. The monoisotopic (exact) mass is 260 g/mol. The topological polar surface area (TPSA) is 109 Å². The van der Waals surface area contributed by atoms with Crippen molar-refractivity contribution in [1.82, 2.24) is 20.4 Å². The molecule has 0 fully saturated rings. The van der Waals surface area contributed by atoms with E-state index in [0.717, 1.165) is 0 Å². The second kappa shape index (κ2) is 5.96. The van der Waals surface area contributed by atoms with Crippen LogP contribution >= 0.6 is 0 Å². The van der Waals surface area contributed by atoms with Crippen LogP contribution in [0.25, 0.3) is 11.4 Å². The summed E-state index contributed by atoms with van der Waals surface area (Å²) in [5.41, 5.74) is 1.42. The first kappa shape index (κ1) is 13.0. The second-order valence-corrected chi connectivity index (χ2v) is 3.88. The Balaban J connectivity index is 2.15. The summed E-state index contributed by atoms with van der Waals surface area (Å²) in [5, 5.41) is 32.9. The van der Waals surface area contributed by atoms with Crippen LogP contribution in [0.15, 0.2) is 24.3 Å². The predicted octanol–water partition coefficient (Wildman–Crippen LogP) is 0.0955. The molecule has 0 bridgehead atoms. The van der Waals surface area contributed by atoms with E-state index >= 15 is 0 Å². The Bertz CT molecular complexity index is 554. The van der Waals surface area contributed by atoms with Crippen molar-refractivity contribution in [2.45, 2.75) is 12.8 Å². The number of hydrogen-bond donors (Lipinski definition) is 2. The molecular weight excluding hydrogens is 248 g/mol. The molecule has 0 aliphatic rings. The molecule has 2 rings (SSSR count). The summed E-state index contributed by atoms with van der Waals surface area (Å²) in [4.78, 5) is 10.6. The minimum absolute atomic E-state index is 0.0208. The van der Waals surface area contributed by atoms with Crippen molar-refractivity contribution < 1.29 is 15.0 Å². The maximum atomic E-state index is 10.6. The summed E-state index contributed by atoms with van der Waals surface area (Å²) >= 11 is 0. The van der Waals surface area contributed by atoms with Crippen molar-refractivity contribution >= 4 is 5.97 Å².